The highest BCUT2D eigenvalue weighted by atomic mass is 16.5. The summed E-state index contributed by atoms with van der Waals surface area (Å²) in [4.78, 5) is 27.4. The van der Waals surface area contributed by atoms with E-state index in [0.717, 1.165) is 43.4 Å². The fourth-order valence-corrected chi connectivity index (χ4v) is 4.27. The van der Waals surface area contributed by atoms with E-state index in [0.29, 0.717) is 39.1 Å². The van der Waals surface area contributed by atoms with Gasteiger partial charge in [-0.2, -0.15) is 0 Å². The Morgan fingerprint density at radius 3 is 2.50 bits per heavy atom. The number of para-hydroxylation sites is 1. The number of rotatable bonds is 6. The maximum atomic E-state index is 12.7. The number of carbonyl (C=O) groups is 2. The summed E-state index contributed by atoms with van der Waals surface area (Å²) in [5.74, 6) is 0.208. The van der Waals surface area contributed by atoms with E-state index in [4.69, 9.17) is 4.74 Å². The molecule has 26 heavy (non-hydrogen) atoms. The third-order valence-electron chi connectivity index (χ3n) is 5.76. The van der Waals surface area contributed by atoms with Crippen molar-refractivity contribution in [2.75, 3.05) is 31.6 Å². The van der Waals surface area contributed by atoms with Crippen molar-refractivity contribution in [1.29, 1.82) is 0 Å². The lowest BCUT2D eigenvalue weighted by molar-refractivity contribution is -0.138. The van der Waals surface area contributed by atoms with Gasteiger partial charge in [-0.05, 0) is 36.3 Å². The van der Waals surface area contributed by atoms with Crippen LogP contribution in [0.4, 0.5) is 5.69 Å². The molecule has 0 aromatic heterocycles. The Labute approximate surface area is 156 Å². The number of nitrogens with one attached hydrogen (secondary N) is 1. The summed E-state index contributed by atoms with van der Waals surface area (Å²) < 4.78 is 5.34. The van der Waals surface area contributed by atoms with Crippen molar-refractivity contribution >= 4 is 17.5 Å². The monoisotopic (exact) mass is 358 g/mol. The molecule has 1 aromatic rings. The average molecular weight is 358 g/mol. The molecule has 0 bridgehead atoms. The number of amides is 2. The Balaban J connectivity index is 1.63. The van der Waals surface area contributed by atoms with E-state index in [-0.39, 0.29) is 17.2 Å². The third-order valence-corrected chi connectivity index (χ3v) is 5.76. The molecule has 2 amide bonds. The molecule has 1 aliphatic carbocycles. The van der Waals surface area contributed by atoms with Crippen LogP contribution in [0.15, 0.2) is 24.3 Å². The van der Waals surface area contributed by atoms with Crippen molar-refractivity contribution in [3.8, 4) is 0 Å². The molecule has 0 spiro atoms. The minimum absolute atomic E-state index is 0.0302. The van der Waals surface area contributed by atoms with E-state index in [2.05, 4.69) is 12.2 Å². The van der Waals surface area contributed by atoms with Gasteiger partial charge in [0, 0.05) is 31.6 Å². The number of hydrogen-bond acceptors (Lipinski definition) is 3. The predicted octanol–water partition coefficient (Wildman–Crippen LogP) is 3.39. The van der Waals surface area contributed by atoms with Crippen LogP contribution in [-0.4, -0.2) is 43.0 Å². The second-order valence-electron chi connectivity index (χ2n) is 7.61. The van der Waals surface area contributed by atoms with Crippen LogP contribution < -0.4 is 5.32 Å². The van der Waals surface area contributed by atoms with Crippen LogP contribution >= 0.6 is 0 Å². The maximum absolute atomic E-state index is 12.7. The van der Waals surface area contributed by atoms with Crippen LogP contribution in [0.1, 0.15) is 51.0 Å². The zero-order valence-corrected chi connectivity index (χ0v) is 15.8. The summed E-state index contributed by atoms with van der Waals surface area (Å²) in [7, 11) is 0. The van der Waals surface area contributed by atoms with Crippen molar-refractivity contribution in [2.45, 2.75) is 51.9 Å². The van der Waals surface area contributed by atoms with Gasteiger partial charge in [-0.3, -0.25) is 9.59 Å². The zero-order valence-electron chi connectivity index (χ0n) is 15.8. The van der Waals surface area contributed by atoms with E-state index >= 15 is 0 Å². The van der Waals surface area contributed by atoms with Crippen LogP contribution in [0.3, 0.4) is 0 Å². The number of anilines is 1. The molecule has 5 nitrogen and oxygen atoms in total. The van der Waals surface area contributed by atoms with Crippen molar-refractivity contribution in [3.63, 3.8) is 0 Å². The fraction of sp³-hybridized carbons (Fsp3) is 0.619. The summed E-state index contributed by atoms with van der Waals surface area (Å²) in [5.41, 5.74) is 1.86. The topological polar surface area (TPSA) is 58.6 Å². The molecule has 1 N–H and O–H groups in total. The molecule has 2 fully saturated rings. The molecule has 2 aliphatic rings. The SMILES string of the molecule is CCc1ccccc1NC(=O)CC1(CC(=O)N2CCOCC2)CCCC1. The van der Waals surface area contributed by atoms with Crippen molar-refractivity contribution in [1.82, 2.24) is 4.90 Å². The van der Waals surface area contributed by atoms with Crippen molar-refractivity contribution in [3.05, 3.63) is 29.8 Å². The van der Waals surface area contributed by atoms with Crippen molar-refractivity contribution < 1.29 is 14.3 Å². The molecule has 5 heteroatoms. The first-order valence-electron chi connectivity index (χ1n) is 9.85. The summed E-state index contributed by atoms with van der Waals surface area (Å²) >= 11 is 0. The number of nitrogens with zero attached hydrogens (tertiary/aromatic N) is 1. The van der Waals surface area contributed by atoms with Crippen LogP contribution in [-0.2, 0) is 20.7 Å². The molecule has 0 radical (unpaired) electrons. The van der Waals surface area contributed by atoms with Crippen LogP contribution in [0.25, 0.3) is 0 Å². The molecule has 1 aliphatic heterocycles. The first-order chi connectivity index (χ1) is 12.6. The maximum Gasteiger partial charge on any atom is 0.224 e. The number of carbonyl (C=O) groups excluding carboxylic acids is 2. The number of benzene rings is 1. The van der Waals surface area contributed by atoms with Gasteiger partial charge in [-0.15, -0.1) is 0 Å². The first-order valence-corrected chi connectivity index (χ1v) is 9.85. The summed E-state index contributed by atoms with van der Waals surface area (Å²) in [5, 5.41) is 3.08. The van der Waals surface area contributed by atoms with E-state index in [9.17, 15) is 9.59 Å². The highest BCUT2D eigenvalue weighted by Crippen LogP contribution is 2.44. The number of hydrogen-bond donors (Lipinski definition) is 1. The van der Waals surface area contributed by atoms with Gasteiger partial charge in [0.15, 0.2) is 0 Å². The van der Waals surface area contributed by atoms with Gasteiger partial charge < -0.3 is 15.0 Å². The van der Waals surface area contributed by atoms with Gasteiger partial charge in [-0.1, -0.05) is 38.0 Å². The minimum atomic E-state index is -0.180. The van der Waals surface area contributed by atoms with Crippen LogP contribution in [0.2, 0.25) is 0 Å². The van der Waals surface area contributed by atoms with E-state index in [1.165, 1.54) is 0 Å². The smallest absolute Gasteiger partial charge is 0.224 e. The zero-order chi connectivity index (χ0) is 18.4. The number of aryl methyl sites for hydroxylation is 1. The lowest BCUT2D eigenvalue weighted by Crippen LogP contribution is -2.43. The number of ether oxygens (including phenoxy) is 1. The van der Waals surface area contributed by atoms with E-state index < -0.39 is 0 Å². The molecule has 1 aromatic carbocycles. The Kier molecular flexibility index (Phi) is 6.30. The molecule has 3 rings (SSSR count). The average Bonchev–Trinajstić information content (AvgIpc) is 3.10. The molecular weight excluding hydrogens is 328 g/mol. The lowest BCUT2D eigenvalue weighted by Gasteiger charge is -2.33. The first kappa shape index (κ1) is 18.9. The molecule has 1 heterocycles. The minimum Gasteiger partial charge on any atom is -0.378 e. The molecule has 0 atom stereocenters. The Bertz CT molecular complexity index is 632. The second-order valence-corrected chi connectivity index (χ2v) is 7.61. The largest absolute Gasteiger partial charge is 0.378 e. The Morgan fingerprint density at radius 2 is 1.81 bits per heavy atom. The summed E-state index contributed by atoms with van der Waals surface area (Å²) in [6.45, 7) is 4.67. The standard InChI is InChI=1S/C21H30N2O3/c1-2-17-7-3-4-8-18(17)22-19(24)15-21(9-5-6-10-21)16-20(25)23-11-13-26-14-12-23/h3-4,7-8H,2,5-6,9-16H2,1H3,(H,22,24). The van der Waals surface area contributed by atoms with E-state index in [1.807, 2.05) is 29.2 Å². The number of morpholine rings is 1. The lowest BCUT2D eigenvalue weighted by atomic mass is 9.78. The van der Waals surface area contributed by atoms with Crippen LogP contribution in [0.5, 0.6) is 0 Å². The van der Waals surface area contributed by atoms with Gasteiger partial charge in [0.05, 0.1) is 13.2 Å². The molecule has 0 unspecified atom stereocenters. The van der Waals surface area contributed by atoms with Crippen molar-refractivity contribution in [2.24, 2.45) is 5.41 Å². The van der Waals surface area contributed by atoms with E-state index in [1.54, 1.807) is 0 Å². The van der Waals surface area contributed by atoms with Crippen LogP contribution in [0, 0.1) is 5.41 Å². The molecular formula is C21H30N2O3. The normalized spacial score (nSPS) is 19.3. The summed E-state index contributed by atoms with van der Waals surface area (Å²) in [6, 6.07) is 7.94. The molecule has 1 saturated carbocycles. The highest BCUT2D eigenvalue weighted by molar-refractivity contribution is 5.92. The second kappa shape index (κ2) is 8.67. The third kappa shape index (κ3) is 4.64. The summed E-state index contributed by atoms with van der Waals surface area (Å²) in [6.07, 6.45) is 5.94. The predicted molar refractivity (Wildman–Crippen MR) is 102 cm³/mol. The van der Waals surface area contributed by atoms with Gasteiger partial charge in [-0.25, -0.2) is 0 Å². The van der Waals surface area contributed by atoms with Gasteiger partial charge in [0.2, 0.25) is 11.8 Å². The molecule has 142 valence electrons. The fourth-order valence-electron chi connectivity index (χ4n) is 4.27. The quantitative estimate of drug-likeness (QED) is 0.848. The van der Waals surface area contributed by atoms with Gasteiger partial charge in [0.25, 0.3) is 0 Å². The molecule has 1 saturated heterocycles. The van der Waals surface area contributed by atoms with Gasteiger partial charge >= 0.3 is 0 Å². The Morgan fingerprint density at radius 1 is 1.12 bits per heavy atom. The Hall–Kier alpha value is -1.88. The van der Waals surface area contributed by atoms with Gasteiger partial charge in [0.1, 0.15) is 0 Å². The highest BCUT2D eigenvalue weighted by Gasteiger charge is 2.39.